The molecule has 2 N–H and O–H groups in total. The number of ether oxygens (including phenoxy) is 2. The first kappa shape index (κ1) is 20.0. The highest BCUT2D eigenvalue weighted by Gasteiger charge is 2.18. The predicted molar refractivity (Wildman–Crippen MR) is 97.7 cm³/mol. The van der Waals surface area contributed by atoms with Crippen molar-refractivity contribution in [3.63, 3.8) is 0 Å². The van der Waals surface area contributed by atoms with Crippen LogP contribution in [0, 0.1) is 0 Å². The van der Waals surface area contributed by atoms with Gasteiger partial charge in [0.05, 0.1) is 24.0 Å². The normalized spacial score (nSPS) is 11.8. The molecule has 0 aliphatic heterocycles. The largest absolute Gasteiger partial charge is 0.493 e. The van der Waals surface area contributed by atoms with Crippen molar-refractivity contribution in [3.8, 4) is 11.5 Å². The topological polar surface area (TPSA) is 111 Å². The van der Waals surface area contributed by atoms with Crippen LogP contribution in [-0.2, 0) is 20.0 Å². The molecule has 0 saturated carbocycles. The van der Waals surface area contributed by atoms with Gasteiger partial charge in [-0.2, -0.15) is 0 Å². The second-order valence-corrected chi connectivity index (χ2v) is 8.60. The van der Waals surface area contributed by atoms with Crippen molar-refractivity contribution in [3.05, 3.63) is 42.5 Å². The highest BCUT2D eigenvalue weighted by atomic mass is 32.2. The van der Waals surface area contributed by atoms with E-state index in [9.17, 15) is 16.8 Å². The van der Waals surface area contributed by atoms with Crippen molar-refractivity contribution in [2.75, 3.05) is 25.5 Å². The van der Waals surface area contributed by atoms with Gasteiger partial charge in [-0.05, 0) is 36.4 Å². The van der Waals surface area contributed by atoms with Crippen molar-refractivity contribution in [2.24, 2.45) is 0 Å². The number of anilines is 1. The molecule has 0 aliphatic rings. The minimum absolute atomic E-state index is 0.0144. The van der Waals surface area contributed by atoms with Crippen LogP contribution in [0.1, 0.15) is 6.92 Å². The van der Waals surface area contributed by atoms with Crippen LogP contribution in [0.3, 0.4) is 0 Å². The molecule has 0 amide bonds. The molecule has 10 heteroatoms. The van der Waals surface area contributed by atoms with E-state index in [0.717, 1.165) is 0 Å². The minimum Gasteiger partial charge on any atom is -0.493 e. The van der Waals surface area contributed by atoms with Crippen molar-refractivity contribution in [1.29, 1.82) is 0 Å². The van der Waals surface area contributed by atoms with Crippen molar-refractivity contribution in [2.45, 2.75) is 16.7 Å². The van der Waals surface area contributed by atoms with E-state index in [-0.39, 0.29) is 27.8 Å². The van der Waals surface area contributed by atoms with E-state index in [1.807, 2.05) is 0 Å². The van der Waals surface area contributed by atoms with Crippen molar-refractivity contribution >= 4 is 25.7 Å². The van der Waals surface area contributed by atoms with E-state index >= 15 is 0 Å². The first-order valence-corrected chi connectivity index (χ1v) is 10.5. The molecule has 2 aromatic carbocycles. The fourth-order valence-corrected chi connectivity index (χ4v) is 4.29. The van der Waals surface area contributed by atoms with Gasteiger partial charge in [0, 0.05) is 18.3 Å². The third-order valence-corrected chi connectivity index (χ3v) is 6.36. The third-order valence-electron chi connectivity index (χ3n) is 3.42. The van der Waals surface area contributed by atoms with E-state index in [4.69, 9.17) is 9.47 Å². The quantitative estimate of drug-likeness (QED) is 0.699. The second kappa shape index (κ2) is 7.94. The van der Waals surface area contributed by atoms with Crippen LogP contribution in [0.2, 0.25) is 0 Å². The van der Waals surface area contributed by atoms with Crippen molar-refractivity contribution < 1.29 is 26.3 Å². The number of methoxy groups -OCH3 is 2. The molecule has 0 saturated heterocycles. The van der Waals surface area contributed by atoms with Crippen LogP contribution in [0.4, 0.5) is 5.69 Å². The third kappa shape index (κ3) is 4.45. The van der Waals surface area contributed by atoms with Crippen LogP contribution >= 0.6 is 0 Å². The Morgan fingerprint density at radius 1 is 0.808 bits per heavy atom. The molecule has 2 rings (SSSR count). The molecule has 0 heterocycles. The number of hydrogen-bond donors (Lipinski definition) is 2. The fourth-order valence-electron chi connectivity index (χ4n) is 2.17. The number of sulfonamides is 2. The monoisotopic (exact) mass is 400 g/mol. The fraction of sp³-hybridized carbons (Fsp3) is 0.250. The molecule has 0 atom stereocenters. The molecule has 0 aliphatic carbocycles. The summed E-state index contributed by atoms with van der Waals surface area (Å²) in [5.41, 5.74) is 0.232. The van der Waals surface area contributed by atoms with Gasteiger partial charge < -0.3 is 9.47 Å². The Kier molecular flexibility index (Phi) is 6.11. The van der Waals surface area contributed by atoms with E-state index in [0.29, 0.717) is 5.75 Å². The number of benzene rings is 2. The zero-order chi connectivity index (χ0) is 19.4. The SMILES string of the molecule is CCNS(=O)(=O)c1ccc(NS(=O)(=O)c2ccc(OC)c(OC)c2)cc1. The van der Waals surface area contributed by atoms with Gasteiger partial charge in [0.1, 0.15) is 0 Å². The Morgan fingerprint density at radius 3 is 1.92 bits per heavy atom. The lowest BCUT2D eigenvalue weighted by Crippen LogP contribution is -2.23. The maximum atomic E-state index is 12.5. The maximum Gasteiger partial charge on any atom is 0.262 e. The van der Waals surface area contributed by atoms with Gasteiger partial charge >= 0.3 is 0 Å². The average Bonchev–Trinajstić information content (AvgIpc) is 2.61. The minimum atomic E-state index is -3.88. The van der Waals surface area contributed by atoms with Crippen molar-refractivity contribution in [1.82, 2.24) is 4.72 Å². The lowest BCUT2D eigenvalue weighted by molar-refractivity contribution is 0.354. The van der Waals surface area contributed by atoms with Crippen LogP contribution in [0.5, 0.6) is 11.5 Å². The van der Waals surface area contributed by atoms with Crippen LogP contribution in [-0.4, -0.2) is 37.6 Å². The Morgan fingerprint density at radius 2 is 1.38 bits per heavy atom. The highest BCUT2D eigenvalue weighted by Crippen LogP contribution is 2.30. The summed E-state index contributed by atoms with van der Waals surface area (Å²) < 4.78 is 63.8. The van der Waals surface area contributed by atoms with E-state index in [2.05, 4.69) is 9.44 Å². The van der Waals surface area contributed by atoms with E-state index in [1.54, 1.807) is 6.92 Å². The standard InChI is InChI=1S/C16H20N2O6S2/c1-4-17-25(19,20)13-7-5-12(6-8-13)18-26(21,22)14-9-10-15(23-2)16(11-14)24-3/h5-11,17-18H,4H2,1-3H3. The summed E-state index contributed by atoms with van der Waals surface area (Å²) in [6.45, 7) is 1.93. The summed E-state index contributed by atoms with van der Waals surface area (Å²) in [5.74, 6) is 0.687. The summed E-state index contributed by atoms with van der Waals surface area (Å²) >= 11 is 0. The molecular weight excluding hydrogens is 380 g/mol. The molecule has 8 nitrogen and oxygen atoms in total. The van der Waals surface area contributed by atoms with Crippen LogP contribution in [0.25, 0.3) is 0 Å². The average molecular weight is 400 g/mol. The molecule has 0 aromatic heterocycles. The zero-order valence-electron chi connectivity index (χ0n) is 14.5. The number of rotatable bonds is 8. The van der Waals surface area contributed by atoms with Gasteiger partial charge in [-0.1, -0.05) is 6.92 Å². The second-order valence-electron chi connectivity index (χ2n) is 5.15. The highest BCUT2D eigenvalue weighted by molar-refractivity contribution is 7.92. The van der Waals surface area contributed by atoms with Gasteiger partial charge in [0.25, 0.3) is 10.0 Å². The number of nitrogens with one attached hydrogen (secondary N) is 2. The molecule has 0 unspecified atom stereocenters. The summed E-state index contributed by atoms with van der Waals surface area (Å²) in [7, 11) is -4.62. The summed E-state index contributed by atoms with van der Waals surface area (Å²) in [5, 5.41) is 0. The predicted octanol–water partition coefficient (Wildman–Crippen LogP) is 1.80. The summed E-state index contributed by atoms with van der Waals surface area (Å²) in [6, 6.07) is 9.61. The van der Waals surface area contributed by atoms with E-state index in [1.165, 1.54) is 56.7 Å². The smallest absolute Gasteiger partial charge is 0.262 e. The number of hydrogen-bond acceptors (Lipinski definition) is 6. The first-order chi connectivity index (χ1) is 12.2. The lowest BCUT2D eigenvalue weighted by Gasteiger charge is -2.12. The Bertz CT molecular complexity index is 970. The van der Waals surface area contributed by atoms with Crippen LogP contribution < -0.4 is 18.9 Å². The summed E-state index contributed by atoms with van der Waals surface area (Å²) in [4.78, 5) is 0.0351. The molecule has 0 radical (unpaired) electrons. The van der Waals surface area contributed by atoms with Gasteiger partial charge in [-0.15, -0.1) is 0 Å². The van der Waals surface area contributed by atoms with Gasteiger partial charge in [-0.25, -0.2) is 21.6 Å². The molecule has 0 fully saturated rings. The van der Waals surface area contributed by atoms with Crippen LogP contribution in [0.15, 0.2) is 52.3 Å². The zero-order valence-corrected chi connectivity index (χ0v) is 16.1. The maximum absolute atomic E-state index is 12.5. The van der Waals surface area contributed by atoms with Gasteiger partial charge in [-0.3, -0.25) is 4.72 Å². The molecular formula is C16H20N2O6S2. The van der Waals surface area contributed by atoms with Gasteiger partial charge in [0.15, 0.2) is 11.5 Å². The molecule has 2 aromatic rings. The Hall–Kier alpha value is -2.30. The first-order valence-electron chi connectivity index (χ1n) is 7.58. The van der Waals surface area contributed by atoms with Gasteiger partial charge in [0.2, 0.25) is 10.0 Å². The molecule has 26 heavy (non-hydrogen) atoms. The summed E-state index contributed by atoms with van der Waals surface area (Å²) in [6.07, 6.45) is 0. The Balaban J connectivity index is 2.27. The van der Waals surface area contributed by atoms with E-state index < -0.39 is 20.0 Å². The Labute approximate surface area is 153 Å². The molecule has 0 spiro atoms. The molecule has 142 valence electrons. The molecule has 0 bridgehead atoms. The lowest BCUT2D eigenvalue weighted by atomic mass is 10.3.